The fourth-order valence-electron chi connectivity index (χ4n) is 4.12. The third kappa shape index (κ3) is 7.75. The first-order chi connectivity index (χ1) is 19.4. The van der Waals surface area contributed by atoms with Crippen molar-refractivity contribution in [3.05, 3.63) is 83.7 Å². The maximum Gasteiger partial charge on any atom is 0.264 e. The maximum absolute atomic E-state index is 14.0. The number of methoxy groups -OCH3 is 2. The molecule has 3 rings (SSSR count). The summed E-state index contributed by atoms with van der Waals surface area (Å²) in [6, 6.07) is 15.2. The first-order valence-electron chi connectivity index (χ1n) is 13.0. The predicted molar refractivity (Wildman–Crippen MR) is 155 cm³/mol. The van der Waals surface area contributed by atoms with E-state index in [-0.39, 0.29) is 28.9 Å². The van der Waals surface area contributed by atoms with E-state index in [0.29, 0.717) is 11.3 Å². The van der Waals surface area contributed by atoms with Gasteiger partial charge >= 0.3 is 0 Å². The summed E-state index contributed by atoms with van der Waals surface area (Å²) in [5.74, 6) is -0.830. The van der Waals surface area contributed by atoms with Crippen LogP contribution in [0, 0.1) is 12.7 Å². The second kappa shape index (κ2) is 13.5. The lowest BCUT2D eigenvalue weighted by Crippen LogP contribution is -2.52. The molecule has 220 valence electrons. The van der Waals surface area contributed by atoms with Crippen LogP contribution < -0.4 is 19.1 Å². The molecular weight excluding hydrogens is 549 g/mol. The van der Waals surface area contributed by atoms with Crippen LogP contribution in [-0.2, 0) is 26.2 Å². The lowest BCUT2D eigenvalue weighted by Gasteiger charge is -2.32. The number of rotatable bonds is 12. The summed E-state index contributed by atoms with van der Waals surface area (Å²) in [6.45, 7) is 6.33. The van der Waals surface area contributed by atoms with Crippen LogP contribution in [0.15, 0.2) is 71.6 Å². The molecule has 11 heteroatoms. The van der Waals surface area contributed by atoms with E-state index >= 15 is 0 Å². The lowest BCUT2D eigenvalue weighted by molar-refractivity contribution is -0.139. The number of ether oxygens (including phenoxy) is 2. The SMILES string of the molecule is COc1ccc(N(CC(=O)N(Cc2ccc(F)cc2)C(C)C(=O)NC(C)C)S(=O)(=O)c2ccc(C)cc2)cc1OC. The molecule has 1 atom stereocenters. The molecule has 0 bridgehead atoms. The van der Waals surface area contributed by atoms with Crippen molar-refractivity contribution in [3.63, 3.8) is 0 Å². The van der Waals surface area contributed by atoms with Crippen LogP contribution in [0.2, 0.25) is 0 Å². The topological polar surface area (TPSA) is 105 Å². The van der Waals surface area contributed by atoms with Crippen molar-refractivity contribution in [2.45, 2.75) is 51.2 Å². The molecule has 0 spiro atoms. The van der Waals surface area contributed by atoms with E-state index in [1.54, 1.807) is 39.0 Å². The Morgan fingerprint density at radius 3 is 2.07 bits per heavy atom. The van der Waals surface area contributed by atoms with Gasteiger partial charge in [0.1, 0.15) is 18.4 Å². The second-order valence-corrected chi connectivity index (χ2v) is 11.7. The Labute approximate surface area is 240 Å². The number of nitrogens with one attached hydrogen (secondary N) is 1. The zero-order chi connectivity index (χ0) is 30.3. The van der Waals surface area contributed by atoms with E-state index in [4.69, 9.17) is 9.47 Å². The molecule has 0 aliphatic heterocycles. The minimum atomic E-state index is -4.25. The molecule has 3 aromatic rings. The molecule has 1 unspecified atom stereocenters. The third-order valence-electron chi connectivity index (χ3n) is 6.41. The van der Waals surface area contributed by atoms with Crippen molar-refractivity contribution in [1.29, 1.82) is 0 Å². The zero-order valence-corrected chi connectivity index (χ0v) is 24.9. The number of amides is 2. The fourth-order valence-corrected chi connectivity index (χ4v) is 5.53. The van der Waals surface area contributed by atoms with E-state index in [2.05, 4.69) is 5.32 Å². The second-order valence-electron chi connectivity index (χ2n) is 9.85. The summed E-state index contributed by atoms with van der Waals surface area (Å²) in [6.07, 6.45) is 0. The average Bonchev–Trinajstić information content (AvgIpc) is 2.94. The minimum absolute atomic E-state index is 0.0126. The molecule has 0 saturated carbocycles. The molecule has 0 aliphatic carbocycles. The number of carbonyl (C=O) groups excluding carboxylic acids is 2. The number of halogens is 1. The molecule has 0 radical (unpaired) electrons. The molecule has 0 saturated heterocycles. The number of sulfonamides is 1. The van der Waals surface area contributed by atoms with Crippen molar-refractivity contribution in [2.75, 3.05) is 25.1 Å². The number of nitrogens with zero attached hydrogens (tertiary/aromatic N) is 2. The predicted octanol–water partition coefficient (Wildman–Crippen LogP) is 4.29. The van der Waals surface area contributed by atoms with Gasteiger partial charge in [-0.05, 0) is 69.7 Å². The molecule has 3 aromatic carbocycles. The molecule has 2 amide bonds. The van der Waals surface area contributed by atoms with Crippen molar-refractivity contribution in [1.82, 2.24) is 10.2 Å². The molecule has 1 N–H and O–H groups in total. The third-order valence-corrected chi connectivity index (χ3v) is 8.20. The van der Waals surface area contributed by atoms with Crippen LogP contribution in [0.25, 0.3) is 0 Å². The molecule has 0 aromatic heterocycles. The van der Waals surface area contributed by atoms with Crippen LogP contribution in [0.1, 0.15) is 31.9 Å². The highest BCUT2D eigenvalue weighted by Gasteiger charge is 2.33. The number of aryl methyl sites for hydroxylation is 1. The highest BCUT2D eigenvalue weighted by Crippen LogP contribution is 2.34. The standard InChI is InChI=1S/C30H36FN3O6S/c1-20(2)32-30(36)22(4)33(18-23-9-11-24(31)12-10-23)29(35)19-34(25-13-16-27(39-5)28(17-25)40-6)41(37,38)26-14-7-21(3)8-15-26/h7-17,20,22H,18-19H2,1-6H3,(H,32,36). The smallest absolute Gasteiger partial charge is 0.264 e. The highest BCUT2D eigenvalue weighted by atomic mass is 32.2. The van der Waals surface area contributed by atoms with Crippen molar-refractivity contribution in [2.24, 2.45) is 0 Å². The molecule has 0 heterocycles. The summed E-state index contributed by atoms with van der Waals surface area (Å²) in [7, 11) is -1.37. The number of hydrogen-bond donors (Lipinski definition) is 1. The molecule has 0 fully saturated rings. The van der Waals surface area contributed by atoms with Gasteiger partial charge in [0.05, 0.1) is 24.8 Å². The van der Waals surface area contributed by atoms with Crippen LogP contribution >= 0.6 is 0 Å². The monoisotopic (exact) mass is 585 g/mol. The molecule has 41 heavy (non-hydrogen) atoms. The van der Waals surface area contributed by atoms with Crippen LogP contribution in [-0.4, -0.2) is 58.0 Å². The van der Waals surface area contributed by atoms with Crippen molar-refractivity contribution < 1.29 is 31.9 Å². The quantitative estimate of drug-likeness (QED) is 0.340. The Hall–Kier alpha value is -4.12. The van der Waals surface area contributed by atoms with Gasteiger partial charge in [-0.3, -0.25) is 13.9 Å². The van der Waals surface area contributed by atoms with Gasteiger partial charge in [-0.25, -0.2) is 12.8 Å². The van der Waals surface area contributed by atoms with Crippen LogP contribution in [0.5, 0.6) is 11.5 Å². The minimum Gasteiger partial charge on any atom is -0.493 e. The van der Waals surface area contributed by atoms with Gasteiger partial charge in [0.15, 0.2) is 11.5 Å². The Kier molecular flexibility index (Phi) is 10.3. The Bertz CT molecular complexity index is 1460. The van der Waals surface area contributed by atoms with Crippen molar-refractivity contribution in [3.8, 4) is 11.5 Å². The summed E-state index contributed by atoms with van der Waals surface area (Å²) in [5.41, 5.74) is 1.61. The first-order valence-corrected chi connectivity index (χ1v) is 14.5. The first kappa shape index (κ1) is 31.4. The van der Waals surface area contributed by atoms with Crippen LogP contribution in [0.4, 0.5) is 10.1 Å². The van der Waals surface area contributed by atoms with Gasteiger partial charge < -0.3 is 19.7 Å². The Balaban J connectivity index is 2.08. The van der Waals surface area contributed by atoms with E-state index in [9.17, 15) is 22.4 Å². The van der Waals surface area contributed by atoms with Gasteiger partial charge in [0, 0.05) is 18.7 Å². The van der Waals surface area contributed by atoms with E-state index < -0.39 is 40.2 Å². The zero-order valence-electron chi connectivity index (χ0n) is 24.0. The number of carbonyl (C=O) groups is 2. The normalized spacial score (nSPS) is 12.0. The Morgan fingerprint density at radius 2 is 1.51 bits per heavy atom. The molecular formula is C30H36FN3O6S. The van der Waals surface area contributed by atoms with Gasteiger partial charge in [-0.2, -0.15) is 0 Å². The van der Waals surface area contributed by atoms with Gasteiger partial charge in [0.2, 0.25) is 11.8 Å². The van der Waals surface area contributed by atoms with Gasteiger partial charge in [-0.15, -0.1) is 0 Å². The number of benzene rings is 3. The largest absolute Gasteiger partial charge is 0.493 e. The van der Waals surface area contributed by atoms with E-state index in [1.165, 1.54) is 67.7 Å². The lowest BCUT2D eigenvalue weighted by atomic mass is 10.1. The summed E-state index contributed by atoms with van der Waals surface area (Å²) in [4.78, 5) is 28.2. The highest BCUT2D eigenvalue weighted by molar-refractivity contribution is 7.92. The van der Waals surface area contributed by atoms with Crippen LogP contribution in [0.3, 0.4) is 0 Å². The van der Waals surface area contributed by atoms with E-state index in [0.717, 1.165) is 9.87 Å². The molecule has 0 aliphatic rings. The summed E-state index contributed by atoms with van der Waals surface area (Å²) < 4.78 is 53.2. The number of anilines is 1. The van der Waals surface area contributed by atoms with Gasteiger partial charge in [0.25, 0.3) is 10.0 Å². The van der Waals surface area contributed by atoms with Gasteiger partial charge in [-0.1, -0.05) is 29.8 Å². The average molecular weight is 586 g/mol. The fraction of sp³-hybridized carbons (Fsp3) is 0.333. The van der Waals surface area contributed by atoms with Crippen molar-refractivity contribution >= 4 is 27.5 Å². The van der Waals surface area contributed by atoms with E-state index in [1.807, 2.05) is 6.92 Å². The summed E-state index contributed by atoms with van der Waals surface area (Å²) >= 11 is 0. The maximum atomic E-state index is 14.0. The Morgan fingerprint density at radius 1 is 0.902 bits per heavy atom. The summed E-state index contributed by atoms with van der Waals surface area (Å²) in [5, 5.41) is 2.79. The number of hydrogen-bond acceptors (Lipinski definition) is 6. The molecule has 9 nitrogen and oxygen atoms in total.